The van der Waals surface area contributed by atoms with Gasteiger partial charge in [0, 0.05) is 41.8 Å². The fraction of sp³-hybridized carbons (Fsp3) is 0.0732. The number of hydrogen-bond donors (Lipinski definition) is 3. The van der Waals surface area contributed by atoms with Crippen molar-refractivity contribution >= 4 is 22.7 Å². The van der Waals surface area contributed by atoms with Gasteiger partial charge < -0.3 is 16.0 Å². The summed E-state index contributed by atoms with van der Waals surface area (Å²) in [6.45, 7) is 1.31. The summed E-state index contributed by atoms with van der Waals surface area (Å²) in [6, 6.07) is 55.3. The molecular weight excluding hydrogens is 562 g/mol. The minimum atomic E-state index is -0.332. The van der Waals surface area contributed by atoms with Crippen molar-refractivity contribution in [3.05, 3.63) is 191 Å². The van der Waals surface area contributed by atoms with E-state index in [1.165, 1.54) is 0 Å². The van der Waals surface area contributed by atoms with Crippen LogP contribution in [0.2, 0.25) is 0 Å². The Morgan fingerprint density at radius 2 is 0.870 bits per heavy atom. The zero-order chi connectivity index (χ0) is 31.6. The molecule has 0 saturated heterocycles. The molecule has 0 aromatic heterocycles. The summed E-state index contributed by atoms with van der Waals surface area (Å²) in [5.74, 6) is -0.332. The summed E-state index contributed by atoms with van der Waals surface area (Å²) in [6.07, 6.45) is 0. The Labute approximate surface area is 270 Å². The van der Waals surface area contributed by atoms with E-state index in [1.54, 1.807) is 0 Å². The van der Waals surface area contributed by atoms with Gasteiger partial charge in [-0.15, -0.1) is 0 Å². The molecule has 0 saturated carbocycles. The molecule has 3 N–H and O–H groups in total. The quantitative estimate of drug-likeness (QED) is 0.130. The molecule has 5 heteroatoms. The Bertz CT molecular complexity index is 1870. The van der Waals surface area contributed by atoms with E-state index in [0.717, 1.165) is 50.6 Å². The van der Waals surface area contributed by atoms with Crippen LogP contribution in [0.4, 0.5) is 22.7 Å². The van der Waals surface area contributed by atoms with Crippen molar-refractivity contribution in [2.24, 2.45) is 0 Å². The predicted octanol–water partition coefficient (Wildman–Crippen LogP) is 9.58. The molecule has 0 aliphatic rings. The molecule has 0 atom stereocenters. The molecule has 0 fully saturated rings. The summed E-state index contributed by atoms with van der Waals surface area (Å²) >= 11 is 0. The van der Waals surface area contributed by atoms with E-state index >= 15 is 0 Å². The summed E-state index contributed by atoms with van der Waals surface area (Å²) < 4.78 is 0. The zero-order valence-electron chi connectivity index (χ0n) is 25.3. The van der Waals surface area contributed by atoms with Gasteiger partial charge in [0.2, 0.25) is 0 Å². The molecule has 0 aliphatic carbocycles. The fourth-order valence-corrected chi connectivity index (χ4v) is 5.60. The fourth-order valence-electron chi connectivity index (χ4n) is 5.60. The molecule has 0 spiro atoms. The molecule has 0 unspecified atom stereocenters. The number of rotatable bonds is 11. The van der Waals surface area contributed by atoms with E-state index in [4.69, 9.17) is 0 Å². The summed E-state index contributed by atoms with van der Waals surface area (Å²) in [5, 5.41) is 31.1. The number of hydrogen-bond acceptors (Lipinski definition) is 5. The Balaban J connectivity index is 1.35. The lowest BCUT2D eigenvalue weighted by Gasteiger charge is -2.23. The first-order chi connectivity index (χ1) is 22.7. The summed E-state index contributed by atoms with van der Waals surface area (Å²) in [5.41, 5.74) is 9.81. The molecule has 0 aliphatic heterocycles. The van der Waals surface area contributed by atoms with Gasteiger partial charge in [0.05, 0.1) is 23.3 Å². The first-order valence-corrected chi connectivity index (χ1v) is 15.3. The molecule has 5 nitrogen and oxygen atoms in total. The van der Waals surface area contributed by atoms with Crippen molar-refractivity contribution in [3.8, 4) is 12.1 Å². The number of para-hydroxylation sites is 1. The maximum absolute atomic E-state index is 10.4. The molecule has 46 heavy (non-hydrogen) atoms. The lowest BCUT2D eigenvalue weighted by atomic mass is 9.81. The molecule has 0 amide bonds. The number of benzene rings is 6. The van der Waals surface area contributed by atoms with Crippen molar-refractivity contribution in [3.63, 3.8) is 0 Å². The SMILES string of the molecule is N#Cc1cc(NCc2ccccc2)ccc1C(c1ccc(Nc2ccccc2)cc1)c1ccc(NCc2ccccc2)cc1C#N. The van der Waals surface area contributed by atoms with Crippen LogP contribution in [0, 0.1) is 22.7 Å². The number of nitrogens with one attached hydrogen (secondary N) is 3. The van der Waals surface area contributed by atoms with E-state index < -0.39 is 0 Å². The van der Waals surface area contributed by atoms with E-state index in [2.05, 4.69) is 64.5 Å². The highest BCUT2D eigenvalue weighted by Crippen LogP contribution is 2.38. The van der Waals surface area contributed by atoms with Gasteiger partial charge in [-0.05, 0) is 76.3 Å². The molecular formula is C41H33N5. The average molecular weight is 596 g/mol. The Morgan fingerprint density at radius 3 is 1.33 bits per heavy atom. The third-order valence-electron chi connectivity index (χ3n) is 7.95. The number of nitriles is 2. The monoisotopic (exact) mass is 595 g/mol. The second-order valence-corrected chi connectivity index (χ2v) is 11.1. The minimum absolute atomic E-state index is 0.332. The third kappa shape index (κ3) is 7.25. The maximum Gasteiger partial charge on any atom is 0.0995 e. The van der Waals surface area contributed by atoms with Crippen LogP contribution in [0.15, 0.2) is 152 Å². The van der Waals surface area contributed by atoms with Gasteiger partial charge in [-0.2, -0.15) is 10.5 Å². The second-order valence-electron chi connectivity index (χ2n) is 11.1. The van der Waals surface area contributed by atoms with Gasteiger partial charge in [0.25, 0.3) is 0 Å². The normalized spacial score (nSPS) is 10.5. The van der Waals surface area contributed by atoms with E-state index in [1.807, 2.05) is 115 Å². The Hall–Kier alpha value is -6.30. The van der Waals surface area contributed by atoms with E-state index in [-0.39, 0.29) is 5.92 Å². The highest BCUT2D eigenvalue weighted by atomic mass is 14.9. The Kier molecular flexibility index (Phi) is 9.35. The largest absolute Gasteiger partial charge is 0.381 e. The Morgan fingerprint density at radius 1 is 0.457 bits per heavy atom. The summed E-state index contributed by atoms with van der Waals surface area (Å²) in [7, 11) is 0. The molecule has 222 valence electrons. The lowest BCUT2D eigenvalue weighted by molar-refractivity contribution is 0.965. The molecule has 0 bridgehead atoms. The van der Waals surface area contributed by atoms with Crippen molar-refractivity contribution in [1.29, 1.82) is 10.5 Å². The van der Waals surface area contributed by atoms with Crippen molar-refractivity contribution in [2.75, 3.05) is 16.0 Å². The summed E-state index contributed by atoms with van der Waals surface area (Å²) in [4.78, 5) is 0. The third-order valence-corrected chi connectivity index (χ3v) is 7.95. The topological polar surface area (TPSA) is 83.7 Å². The number of nitrogens with zero attached hydrogens (tertiary/aromatic N) is 2. The lowest BCUT2D eigenvalue weighted by Crippen LogP contribution is -2.09. The standard InChI is InChI=1S/C41H33N5/c42-26-33-24-37(44-28-30-10-4-1-5-11-30)20-22-39(33)41(32-16-18-36(19-17-32)46-35-14-8-3-9-15-35)40-23-21-38(25-34(40)27-43)45-29-31-12-6-2-7-13-31/h1-25,41,44-46H,28-29H2. The van der Waals surface area contributed by atoms with Crippen molar-refractivity contribution in [1.82, 2.24) is 0 Å². The van der Waals surface area contributed by atoms with Crippen LogP contribution < -0.4 is 16.0 Å². The average Bonchev–Trinajstić information content (AvgIpc) is 3.12. The van der Waals surface area contributed by atoms with Crippen LogP contribution >= 0.6 is 0 Å². The number of anilines is 4. The van der Waals surface area contributed by atoms with Crippen LogP contribution in [0.3, 0.4) is 0 Å². The second kappa shape index (κ2) is 14.4. The van der Waals surface area contributed by atoms with Gasteiger partial charge in [-0.3, -0.25) is 0 Å². The maximum atomic E-state index is 10.4. The van der Waals surface area contributed by atoms with Gasteiger partial charge in [-0.25, -0.2) is 0 Å². The van der Waals surface area contributed by atoms with E-state index in [9.17, 15) is 10.5 Å². The first-order valence-electron chi connectivity index (χ1n) is 15.3. The van der Waals surface area contributed by atoms with Crippen LogP contribution in [-0.2, 0) is 13.1 Å². The van der Waals surface area contributed by atoms with Gasteiger partial charge in [0.1, 0.15) is 0 Å². The van der Waals surface area contributed by atoms with Gasteiger partial charge >= 0.3 is 0 Å². The van der Waals surface area contributed by atoms with Crippen molar-refractivity contribution < 1.29 is 0 Å². The molecule has 0 heterocycles. The molecule has 0 radical (unpaired) electrons. The van der Waals surface area contributed by atoms with Crippen LogP contribution in [0.5, 0.6) is 0 Å². The highest BCUT2D eigenvalue weighted by Gasteiger charge is 2.23. The molecule has 6 aromatic rings. The van der Waals surface area contributed by atoms with E-state index in [0.29, 0.717) is 24.2 Å². The van der Waals surface area contributed by atoms with Gasteiger partial charge in [0.15, 0.2) is 0 Å². The first kappa shape index (κ1) is 29.8. The minimum Gasteiger partial charge on any atom is -0.381 e. The predicted molar refractivity (Wildman–Crippen MR) is 187 cm³/mol. The molecule has 6 rings (SSSR count). The van der Waals surface area contributed by atoms with Gasteiger partial charge in [-0.1, -0.05) is 103 Å². The highest BCUT2D eigenvalue weighted by molar-refractivity contribution is 5.64. The zero-order valence-corrected chi connectivity index (χ0v) is 25.3. The smallest absolute Gasteiger partial charge is 0.0995 e. The van der Waals surface area contributed by atoms with Crippen LogP contribution in [0.1, 0.15) is 44.9 Å². The van der Waals surface area contributed by atoms with Crippen LogP contribution in [0.25, 0.3) is 0 Å². The van der Waals surface area contributed by atoms with Crippen LogP contribution in [-0.4, -0.2) is 0 Å². The van der Waals surface area contributed by atoms with Crippen molar-refractivity contribution in [2.45, 2.75) is 19.0 Å². The molecule has 6 aromatic carbocycles.